The van der Waals surface area contributed by atoms with Crippen LogP contribution in [0.5, 0.6) is 0 Å². The fourth-order valence-corrected chi connectivity index (χ4v) is 2.72. The Kier molecular flexibility index (Phi) is 5.70. The summed E-state index contributed by atoms with van der Waals surface area (Å²) in [5.41, 5.74) is 6.15. The number of hydrogen-bond donors (Lipinski definition) is 2. The van der Waals surface area contributed by atoms with Crippen LogP contribution in [0, 0.1) is 0 Å². The lowest BCUT2D eigenvalue weighted by Crippen LogP contribution is -2.47. The summed E-state index contributed by atoms with van der Waals surface area (Å²) in [5.74, 6) is -1.90. The highest BCUT2D eigenvalue weighted by atomic mass is 32.2. The van der Waals surface area contributed by atoms with Crippen LogP contribution in [-0.4, -0.2) is 27.2 Å². The second-order valence-corrected chi connectivity index (χ2v) is 7.22. The van der Waals surface area contributed by atoms with Gasteiger partial charge in [-0.3, -0.25) is 4.79 Å². The highest BCUT2D eigenvalue weighted by Crippen LogP contribution is 2.30. The van der Waals surface area contributed by atoms with Crippen LogP contribution < -0.4 is 11.6 Å². The van der Waals surface area contributed by atoms with Gasteiger partial charge in [0.05, 0.1) is 0 Å². The molecule has 0 bridgehead atoms. The van der Waals surface area contributed by atoms with Crippen molar-refractivity contribution in [2.45, 2.75) is 31.2 Å². The number of nitrogens with two attached hydrogens (primary N) is 1. The molecule has 25 heavy (non-hydrogen) atoms. The largest absolute Gasteiger partial charge is 0.519 e. The first-order valence-corrected chi connectivity index (χ1v) is 8.04. The number of carboxylic acids is 1. The second kappa shape index (κ2) is 7.58. The average molecular weight is 367 g/mol. The summed E-state index contributed by atoms with van der Waals surface area (Å²) in [5, 5.41) is 8.21. The molecule has 0 saturated heterocycles. The van der Waals surface area contributed by atoms with Gasteiger partial charge in [0.25, 0.3) is 0 Å². The molecule has 1 heterocycles. The van der Waals surface area contributed by atoms with E-state index in [1.807, 2.05) is 0 Å². The minimum atomic E-state index is -1.25. The molecule has 3 N–H and O–H groups in total. The quantitative estimate of drug-likeness (QED) is 0.738. The summed E-state index contributed by atoms with van der Waals surface area (Å²) >= 11 is 0.649. The van der Waals surface area contributed by atoms with Crippen LogP contribution >= 0.6 is 11.8 Å². The summed E-state index contributed by atoms with van der Waals surface area (Å²) in [6, 6.07) is 7.47. The summed E-state index contributed by atoms with van der Waals surface area (Å²) in [4.78, 5) is 34.3. The number of carbonyl (C=O) groups excluding carboxylic acids is 1. The number of aliphatic carboxylic acids is 1. The van der Waals surface area contributed by atoms with Crippen LogP contribution in [0.4, 0.5) is 4.79 Å². The first kappa shape index (κ1) is 18.8. The zero-order valence-electron chi connectivity index (χ0n) is 13.6. The van der Waals surface area contributed by atoms with Crippen LogP contribution in [0.25, 0.3) is 11.3 Å². The molecule has 0 radical (unpaired) electrons. The van der Waals surface area contributed by atoms with Gasteiger partial charge in [0.1, 0.15) is 6.04 Å². The van der Waals surface area contributed by atoms with Gasteiger partial charge in [-0.25, -0.2) is 9.59 Å². The molecule has 1 atom stereocenters. The molecule has 0 saturated carbocycles. The van der Waals surface area contributed by atoms with Crippen molar-refractivity contribution in [1.82, 2.24) is 0 Å². The van der Waals surface area contributed by atoms with Gasteiger partial charge >= 0.3 is 17.1 Å². The summed E-state index contributed by atoms with van der Waals surface area (Å²) < 4.78 is 13.9. The maximum atomic E-state index is 12.0. The molecule has 1 aromatic carbocycles. The molecule has 2 aromatic rings. The number of benzene rings is 1. The van der Waals surface area contributed by atoms with E-state index < -0.39 is 27.9 Å². The Balaban J connectivity index is 2.06. The van der Waals surface area contributed by atoms with Crippen molar-refractivity contribution in [3.05, 3.63) is 46.7 Å². The second-order valence-electron chi connectivity index (χ2n) is 5.63. The van der Waals surface area contributed by atoms with E-state index in [-0.39, 0.29) is 18.1 Å². The number of carbonyl (C=O) groups is 2. The first-order valence-electron chi connectivity index (χ1n) is 7.23. The monoisotopic (exact) mass is 367 g/mol. The van der Waals surface area contributed by atoms with E-state index in [9.17, 15) is 14.4 Å². The van der Waals surface area contributed by atoms with Gasteiger partial charge in [-0.2, -0.15) is 0 Å². The maximum Gasteiger partial charge on any atom is 0.519 e. The van der Waals surface area contributed by atoms with E-state index in [2.05, 4.69) is 0 Å². The van der Waals surface area contributed by atoms with Crippen LogP contribution in [0.15, 0.2) is 44.0 Å². The third-order valence-electron chi connectivity index (χ3n) is 3.36. The molecule has 0 aliphatic heterocycles. The van der Waals surface area contributed by atoms with Crippen molar-refractivity contribution >= 4 is 23.0 Å². The standard InChI is InChI=1S/C16H17NO7S/c1-16(2,12(17)13(18)19)25-15(21)22-8-10-11(24-14(20)23-10)9-6-4-3-5-7-9/h3-7,12H,8,17H2,1-2H3,(H,18,19)/t12-/m0/s1. The Morgan fingerprint density at radius 1 is 1.28 bits per heavy atom. The van der Waals surface area contributed by atoms with Gasteiger partial charge in [-0.15, -0.1) is 0 Å². The van der Waals surface area contributed by atoms with E-state index in [1.54, 1.807) is 30.3 Å². The number of thioether (sulfide) groups is 1. The van der Waals surface area contributed by atoms with Crippen molar-refractivity contribution in [2.75, 3.05) is 0 Å². The molecule has 0 spiro atoms. The molecule has 9 heteroatoms. The molecule has 0 aliphatic rings. The SMILES string of the molecule is CC(C)(SC(=O)OCc1oc(=O)oc1-c1ccccc1)[C@@H](N)C(=O)O. The van der Waals surface area contributed by atoms with Crippen LogP contribution in [0.2, 0.25) is 0 Å². The summed E-state index contributed by atoms with van der Waals surface area (Å²) in [6.45, 7) is 2.70. The molecule has 134 valence electrons. The van der Waals surface area contributed by atoms with Crippen molar-refractivity contribution in [2.24, 2.45) is 5.73 Å². The Hall–Kier alpha value is -2.52. The molecule has 0 aliphatic carbocycles. The van der Waals surface area contributed by atoms with Gasteiger partial charge in [-0.1, -0.05) is 30.3 Å². The van der Waals surface area contributed by atoms with Crippen molar-refractivity contribution < 1.29 is 28.3 Å². The molecule has 1 aromatic heterocycles. The van der Waals surface area contributed by atoms with Crippen LogP contribution in [-0.2, 0) is 16.1 Å². The normalized spacial score (nSPS) is 12.6. The van der Waals surface area contributed by atoms with E-state index in [0.29, 0.717) is 17.3 Å². The maximum absolute atomic E-state index is 12.0. The number of rotatable bonds is 6. The topological polar surface area (TPSA) is 133 Å². The van der Waals surface area contributed by atoms with Gasteiger partial charge < -0.3 is 24.4 Å². The molecule has 0 unspecified atom stereocenters. The predicted octanol–water partition coefficient (Wildman–Crippen LogP) is 2.46. The average Bonchev–Trinajstić information content (AvgIpc) is 2.93. The molecular formula is C16H17NO7S. The molecule has 0 fully saturated rings. The molecule has 2 rings (SSSR count). The fraction of sp³-hybridized carbons (Fsp3) is 0.312. The van der Waals surface area contributed by atoms with Crippen molar-refractivity contribution in [3.8, 4) is 11.3 Å². The summed E-state index contributed by atoms with van der Waals surface area (Å²) in [7, 11) is 0. The Morgan fingerprint density at radius 2 is 1.92 bits per heavy atom. The zero-order chi connectivity index (χ0) is 18.6. The van der Waals surface area contributed by atoms with Crippen LogP contribution in [0.3, 0.4) is 0 Å². The Morgan fingerprint density at radius 3 is 2.52 bits per heavy atom. The van der Waals surface area contributed by atoms with Crippen molar-refractivity contribution in [1.29, 1.82) is 0 Å². The highest BCUT2D eigenvalue weighted by Gasteiger charge is 2.36. The van der Waals surface area contributed by atoms with Gasteiger partial charge in [0.15, 0.2) is 18.1 Å². The van der Waals surface area contributed by atoms with Crippen molar-refractivity contribution in [3.63, 3.8) is 0 Å². The van der Waals surface area contributed by atoms with E-state index in [0.717, 1.165) is 0 Å². The van der Waals surface area contributed by atoms with E-state index >= 15 is 0 Å². The summed E-state index contributed by atoms with van der Waals surface area (Å²) in [6.07, 6.45) is 0. The molecular weight excluding hydrogens is 350 g/mol. The lowest BCUT2D eigenvalue weighted by molar-refractivity contribution is -0.139. The Bertz CT molecular complexity index is 809. The lowest BCUT2D eigenvalue weighted by Gasteiger charge is -2.26. The lowest BCUT2D eigenvalue weighted by atomic mass is 10.1. The first-order chi connectivity index (χ1) is 11.7. The fourth-order valence-electron chi connectivity index (χ4n) is 1.94. The van der Waals surface area contributed by atoms with Gasteiger partial charge in [0.2, 0.25) is 0 Å². The minimum absolute atomic E-state index is 0.0606. The third kappa shape index (κ3) is 4.74. The predicted molar refractivity (Wildman–Crippen MR) is 90.1 cm³/mol. The van der Waals surface area contributed by atoms with Crippen LogP contribution in [0.1, 0.15) is 19.6 Å². The smallest absolute Gasteiger partial charge is 0.480 e. The third-order valence-corrected chi connectivity index (χ3v) is 4.43. The molecule has 0 amide bonds. The minimum Gasteiger partial charge on any atom is -0.480 e. The van der Waals surface area contributed by atoms with E-state index in [4.69, 9.17) is 24.4 Å². The van der Waals surface area contributed by atoms with Gasteiger partial charge in [-0.05, 0) is 25.6 Å². The van der Waals surface area contributed by atoms with E-state index in [1.165, 1.54) is 13.8 Å². The van der Waals surface area contributed by atoms with Gasteiger partial charge in [0, 0.05) is 10.3 Å². The Labute approximate surface area is 146 Å². The number of hydrogen-bond acceptors (Lipinski definition) is 8. The number of carboxylic acid groups (broad SMARTS) is 1. The number of ether oxygens (including phenoxy) is 1. The molecule has 8 nitrogen and oxygen atoms in total. The highest BCUT2D eigenvalue weighted by molar-refractivity contribution is 8.14. The zero-order valence-corrected chi connectivity index (χ0v) is 14.4.